The number of aromatic nitrogens is 1. The van der Waals surface area contributed by atoms with Crippen LogP contribution in [0.3, 0.4) is 0 Å². The van der Waals surface area contributed by atoms with Gasteiger partial charge in [-0.1, -0.05) is 23.2 Å². The van der Waals surface area contributed by atoms with Crippen LogP contribution in [0.25, 0.3) is 5.70 Å². The maximum Gasteiger partial charge on any atom is 0.428 e. The van der Waals surface area contributed by atoms with Crippen LogP contribution in [0.5, 0.6) is 0 Å². The standard InChI is InChI=1S/C15H8BrCl2F3N2O/c16-13-2-1-8(7-22-13)12-6-14(24-23-12,15(19,20)21)9-3-10(17)5-11(18)4-9/h1-7,23H. The van der Waals surface area contributed by atoms with Gasteiger partial charge < -0.3 is 0 Å². The lowest BCUT2D eigenvalue weighted by molar-refractivity contribution is -0.269. The molecule has 0 fully saturated rings. The Bertz CT molecular complexity index is 791. The Morgan fingerprint density at radius 3 is 2.33 bits per heavy atom. The lowest BCUT2D eigenvalue weighted by Gasteiger charge is -2.28. The van der Waals surface area contributed by atoms with Crippen LogP contribution in [0.1, 0.15) is 11.1 Å². The van der Waals surface area contributed by atoms with Crippen LogP contribution in [-0.2, 0) is 10.4 Å². The van der Waals surface area contributed by atoms with Gasteiger partial charge in [-0.2, -0.15) is 13.2 Å². The summed E-state index contributed by atoms with van der Waals surface area (Å²) in [6.07, 6.45) is -2.37. The van der Waals surface area contributed by atoms with Crippen molar-refractivity contribution < 1.29 is 18.0 Å². The fraction of sp³-hybridized carbons (Fsp3) is 0.133. The summed E-state index contributed by atoms with van der Waals surface area (Å²) in [7, 11) is 0. The lowest BCUT2D eigenvalue weighted by atomic mass is 9.92. The molecule has 0 aliphatic carbocycles. The largest absolute Gasteiger partial charge is 0.428 e. The van der Waals surface area contributed by atoms with E-state index in [4.69, 9.17) is 28.0 Å². The van der Waals surface area contributed by atoms with E-state index in [0.29, 0.717) is 10.2 Å². The predicted octanol–water partition coefficient (Wildman–Crippen LogP) is 5.48. The maximum absolute atomic E-state index is 13.8. The number of hydrogen-bond acceptors (Lipinski definition) is 3. The zero-order valence-electron chi connectivity index (χ0n) is 11.7. The maximum atomic E-state index is 13.8. The first-order valence-electron chi connectivity index (χ1n) is 6.53. The van der Waals surface area contributed by atoms with Gasteiger partial charge in [0.2, 0.25) is 5.60 Å². The molecule has 24 heavy (non-hydrogen) atoms. The third-order valence-corrected chi connectivity index (χ3v) is 4.33. The molecule has 0 saturated heterocycles. The zero-order chi connectivity index (χ0) is 17.5. The monoisotopic (exact) mass is 438 g/mol. The smallest absolute Gasteiger partial charge is 0.265 e. The van der Waals surface area contributed by atoms with Gasteiger partial charge in [-0.05, 0) is 52.3 Å². The lowest BCUT2D eigenvalue weighted by Crippen LogP contribution is -2.42. The minimum absolute atomic E-state index is 0.0804. The molecule has 1 N–H and O–H groups in total. The minimum atomic E-state index is -4.74. The molecule has 3 nitrogen and oxygen atoms in total. The zero-order valence-corrected chi connectivity index (χ0v) is 14.8. The van der Waals surface area contributed by atoms with E-state index in [1.54, 1.807) is 12.1 Å². The summed E-state index contributed by atoms with van der Waals surface area (Å²) in [6, 6.07) is 6.91. The summed E-state index contributed by atoms with van der Waals surface area (Å²) in [5.41, 5.74) is -0.0156. The minimum Gasteiger partial charge on any atom is -0.265 e. The molecular formula is C15H8BrCl2F3N2O. The first-order valence-corrected chi connectivity index (χ1v) is 8.08. The summed E-state index contributed by atoms with van der Waals surface area (Å²) >= 11 is 14.9. The Hall–Kier alpha value is -1.28. The second-order valence-corrected chi connectivity index (χ2v) is 6.71. The van der Waals surface area contributed by atoms with Crippen LogP contribution >= 0.6 is 39.1 Å². The molecule has 0 bridgehead atoms. The predicted molar refractivity (Wildman–Crippen MR) is 88.3 cm³/mol. The Morgan fingerprint density at radius 1 is 1.12 bits per heavy atom. The molecule has 2 heterocycles. The Morgan fingerprint density at radius 2 is 1.79 bits per heavy atom. The van der Waals surface area contributed by atoms with Crippen LogP contribution in [-0.4, -0.2) is 11.2 Å². The van der Waals surface area contributed by atoms with Crippen molar-refractivity contribution >= 4 is 44.8 Å². The molecule has 0 radical (unpaired) electrons. The van der Waals surface area contributed by atoms with E-state index >= 15 is 0 Å². The second-order valence-electron chi connectivity index (χ2n) is 5.02. The van der Waals surface area contributed by atoms with Gasteiger partial charge in [0, 0.05) is 27.4 Å². The Balaban J connectivity index is 2.13. The molecule has 1 unspecified atom stereocenters. The van der Waals surface area contributed by atoms with Crippen LogP contribution in [0.2, 0.25) is 10.0 Å². The molecule has 1 aliphatic rings. The van der Waals surface area contributed by atoms with Crippen LogP contribution in [0.15, 0.2) is 47.2 Å². The van der Waals surface area contributed by atoms with Gasteiger partial charge in [0.1, 0.15) is 4.60 Å². The van der Waals surface area contributed by atoms with Crippen molar-refractivity contribution in [3.8, 4) is 0 Å². The molecule has 1 aromatic carbocycles. The van der Waals surface area contributed by atoms with E-state index in [9.17, 15) is 13.2 Å². The highest BCUT2D eigenvalue weighted by Crippen LogP contribution is 2.48. The Labute approximate surface area is 153 Å². The van der Waals surface area contributed by atoms with Gasteiger partial charge in [-0.15, -0.1) is 0 Å². The fourth-order valence-corrected chi connectivity index (χ4v) is 3.05. The highest BCUT2D eigenvalue weighted by molar-refractivity contribution is 9.10. The summed E-state index contributed by atoms with van der Waals surface area (Å²) in [4.78, 5) is 8.97. The van der Waals surface area contributed by atoms with Gasteiger partial charge in [-0.3, -0.25) is 10.3 Å². The topological polar surface area (TPSA) is 34.2 Å². The van der Waals surface area contributed by atoms with Crippen molar-refractivity contribution in [1.29, 1.82) is 0 Å². The number of pyridine rings is 1. The number of nitrogens with one attached hydrogen (secondary N) is 1. The van der Waals surface area contributed by atoms with Crippen molar-refractivity contribution in [2.24, 2.45) is 0 Å². The van der Waals surface area contributed by atoms with Crippen LogP contribution in [0, 0.1) is 0 Å². The van der Waals surface area contributed by atoms with E-state index in [2.05, 4.69) is 26.4 Å². The third kappa shape index (κ3) is 3.13. The van der Waals surface area contributed by atoms with Gasteiger partial charge >= 0.3 is 6.18 Å². The van der Waals surface area contributed by atoms with Gasteiger partial charge in [-0.25, -0.2) is 4.98 Å². The highest BCUT2D eigenvalue weighted by Gasteiger charge is 2.59. The molecule has 126 valence electrons. The summed E-state index contributed by atoms with van der Waals surface area (Å²) in [5, 5.41) is 0.161. The number of hydrogen-bond donors (Lipinski definition) is 1. The Kier molecular flexibility index (Phi) is 4.55. The number of halogens is 6. The van der Waals surface area contributed by atoms with E-state index in [1.165, 1.54) is 24.4 Å². The normalized spacial score (nSPS) is 20.7. The summed E-state index contributed by atoms with van der Waals surface area (Å²) in [5.74, 6) is 0. The van der Waals surface area contributed by atoms with Crippen molar-refractivity contribution in [3.63, 3.8) is 0 Å². The molecule has 1 aromatic heterocycles. The molecule has 1 aliphatic heterocycles. The molecule has 2 aromatic rings. The average Bonchev–Trinajstić information content (AvgIpc) is 2.93. The number of hydroxylamine groups is 1. The van der Waals surface area contributed by atoms with Crippen LogP contribution in [0.4, 0.5) is 13.2 Å². The van der Waals surface area contributed by atoms with Gasteiger partial charge in [0.15, 0.2) is 0 Å². The highest BCUT2D eigenvalue weighted by atomic mass is 79.9. The molecule has 0 amide bonds. The van der Waals surface area contributed by atoms with Crippen molar-refractivity contribution in [2.75, 3.05) is 0 Å². The van der Waals surface area contributed by atoms with Crippen molar-refractivity contribution in [2.45, 2.75) is 11.8 Å². The second kappa shape index (κ2) is 6.22. The van der Waals surface area contributed by atoms with Gasteiger partial charge in [0.05, 0.1) is 5.70 Å². The van der Waals surface area contributed by atoms with Crippen molar-refractivity contribution in [3.05, 3.63) is 68.4 Å². The number of benzene rings is 1. The molecule has 0 spiro atoms. The molecule has 0 saturated carbocycles. The number of alkyl halides is 3. The van der Waals surface area contributed by atoms with Gasteiger partial charge in [0.25, 0.3) is 0 Å². The molecule has 9 heteroatoms. The first kappa shape index (κ1) is 17.5. The van der Waals surface area contributed by atoms with E-state index in [-0.39, 0.29) is 21.3 Å². The quantitative estimate of drug-likeness (QED) is 0.628. The fourth-order valence-electron chi connectivity index (χ4n) is 2.29. The molecular weight excluding hydrogens is 432 g/mol. The number of rotatable bonds is 2. The van der Waals surface area contributed by atoms with Crippen LogP contribution < -0.4 is 5.48 Å². The first-order chi connectivity index (χ1) is 11.2. The molecule has 3 rings (SSSR count). The summed E-state index contributed by atoms with van der Waals surface area (Å²) < 4.78 is 42.0. The van der Waals surface area contributed by atoms with E-state index in [1.807, 2.05) is 0 Å². The number of nitrogens with zero attached hydrogens (tertiary/aromatic N) is 1. The SMILES string of the molecule is FC(F)(F)C1(c2cc(Cl)cc(Cl)c2)C=C(c2ccc(Br)nc2)NO1. The summed E-state index contributed by atoms with van der Waals surface area (Å²) in [6.45, 7) is 0. The van der Waals surface area contributed by atoms with E-state index in [0.717, 1.165) is 6.08 Å². The molecule has 1 atom stereocenters. The van der Waals surface area contributed by atoms with E-state index < -0.39 is 11.8 Å². The average molecular weight is 440 g/mol. The third-order valence-electron chi connectivity index (χ3n) is 3.42. The van der Waals surface area contributed by atoms with Crippen molar-refractivity contribution in [1.82, 2.24) is 10.5 Å².